The van der Waals surface area contributed by atoms with Crippen LogP contribution in [0.25, 0.3) is 0 Å². The average molecular weight is 269 g/mol. The number of hydrogen-bond donors (Lipinski definition) is 2. The van der Waals surface area contributed by atoms with E-state index in [-0.39, 0.29) is 0 Å². The summed E-state index contributed by atoms with van der Waals surface area (Å²) in [5.74, 6) is -1.64. The molecule has 0 aliphatic heterocycles. The SMILES string of the molecule is COC(=O)NC(OC)(C(=O)O)C(C)S(C)(=O)=O. The lowest BCUT2D eigenvalue weighted by atomic mass is 10.1. The molecule has 2 atom stereocenters. The highest BCUT2D eigenvalue weighted by molar-refractivity contribution is 7.91. The summed E-state index contributed by atoms with van der Waals surface area (Å²) in [5, 5.41) is 9.43. The van der Waals surface area contributed by atoms with Crippen LogP contribution in [-0.4, -0.2) is 57.0 Å². The maximum atomic E-state index is 11.4. The zero-order chi connectivity index (χ0) is 13.9. The van der Waals surface area contributed by atoms with Crippen molar-refractivity contribution in [2.45, 2.75) is 17.9 Å². The van der Waals surface area contributed by atoms with Gasteiger partial charge in [0.25, 0.3) is 5.72 Å². The van der Waals surface area contributed by atoms with Crippen molar-refractivity contribution < 1.29 is 32.6 Å². The Hall–Kier alpha value is -1.35. The Labute approximate surface area is 98.8 Å². The van der Waals surface area contributed by atoms with Crippen LogP contribution in [0.1, 0.15) is 6.92 Å². The van der Waals surface area contributed by atoms with Crippen LogP contribution in [0.2, 0.25) is 0 Å². The number of nitrogens with one attached hydrogen (secondary N) is 1. The van der Waals surface area contributed by atoms with E-state index < -0.39 is 32.9 Å². The predicted octanol–water partition coefficient (Wildman–Crippen LogP) is -0.797. The van der Waals surface area contributed by atoms with Crippen molar-refractivity contribution in [1.82, 2.24) is 5.32 Å². The second-order valence-electron chi connectivity index (χ2n) is 3.33. The number of carbonyl (C=O) groups excluding carboxylic acids is 1. The second-order valence-corrected chi connectivity index (χ2v) is 5.70. The molecule has 9 heteroatoms. The predicted molar refractivity (Wildman–Crippen MR) is 57.2 cm³/mol. The Morgan fingerprint density at radius 3 is 2.06 bits per heavy atom. The number of alkyl carbamates (subject to hydrolysis) is 1. The molecule has 0 aliphatic carbocycles. The van der Waals surface area contributed by atoms with Gasteiger partial charge in [0.05, 0.1) is 7.11 Å². The van der Waals surface area contributed by atoms with Gasteiger partial charge in [-0.25, -0.2) is 18.0 Å². The highest BCUT2D eigenvalue weighted by Crippen LogP contribution is 2.19. The lowest BCUT2D eigenvalue weighted by Gasteiger charge is -2.32. The lowest BCUT2D eigenvalue weighted by Crippen LogP contribution is -2.64. The summed E-state index contributed by atoms with van der Waals surface area (Å²) >= 11 is 0. The molecule has 0 aromatic rings. The van der Waals surface area contributed by atoms with Crippen molar-refractivity contribution in [3.8, 4) is 0 Å². The van der Waals surface area contributed by atoms with E-state index in [1.54, 1.807) is 0 Å². The molecule has 0 spiro atoms. The normalized spacial score (nSPS) is 16.7. The summed E-state index contributed by atoms with van der Waals surface area (Å²) in [6.45, 7) is 1.11. The van der Waals surface area contributed by atoms with Gasteiger partial charge >= 0.3 is 12.1 Å². The fourth-order valence-electron chi connectivity index (χ4n) is 1.14. The molecule has 0 aromatic heterocycles. The van der Waals surface area contributed by atoms with Crippen LogP contribution in [-0.2, 0) is 24.1 Å². The smallest absolute Gasteiger partial charge is 0.409 e. The van der Waals surface area contributed by atoms with Gasteiger partial charge in [-0.3, -0.25) is 5.32 Å². The van der Waals surface area contributed by atoms with Gasteiger partial charge in [-0.05, 0) is 6.92 Å². The number of carboxylic acid groups (broad SMARTS) is 1. The minimum Gasteiger partial charge on any atom is -0.478 e. The molecular formula is C8H15NO7S. The molecule has 2 unspecified atom stereocenters. The number of rotatable bonds is 5. The molecule has 0 fully saturated rings. The Balaban J connectivity index is 5.53. The first-order valence-electron chi connectivity index (χ1n) is 4.45. The molecule has 0 rings (SSSR count). The number of carbonyl (C=O) groups is 2. The first-order valence-corrected chi connectivity index (χ1v) is 6.40. The van der Waals surface area contributed by atoms with Gasteiger partial charge in [0, 0.05) is 13.4 Å². The third-order valence-corrected chi connectivity index (χ3v) is 3.94. The van der Waals surface area contributed by atoms with Crippen LogP contribution in [0.5, 0.6) is 0 Å². The second kappa shape index (κ2) is 5.32. The van der Waals surface area contributed by atoms with E-state index in [1.807, 2.05) is 5.32 Å². The molecule has 0 saturated heterocycles. The average Bonchev–Trinajstić information content (AvgIpc) is 2.22. The van der Waals surface area contributed by atoms with Crippen molar-refractivity contribution in [3.63, 3.8) is 0 Å². The van der Waals surface area contributed by atoms with E-state index in [0.29, 0.717) is 0 Å². The third kappa shape index (κ3) is 3.30. The minimum atomic E-state index is -3.75. The lowest BCUT2D eigenvalue weighted by molar-refractivity contribution is -0.165. The van der Waals surface area contributed by atoms with E-state index in [1.165, 1.54) is 0 Å². The molecule has 0 bridgehead atoms. The fourth-order valence-corrected chi connectivity index (χ4v) is 2.00. The largest absolute Gasteiger partial charge is 0.478 e. The molecule has 0 heterocycles. The Kier molecular flexibility index (Phi) is 4.90. The molecule has 8 nitrogen and oxygen atoms in total. The summed E-state index contributed by atoms with van der Waals surface area (Å²) in [4.78, 5) is 22.2. The Bertz CT molecular complexity index is 404. The van der Waals surface area contributed by atoms with Crippen LogP contribution in [0.15, 0.2) is 0 Å². The van der Waals surface area contributed by atoms with E-state index in [9.17, 15) is 18.0 Å². The van der Waals surface area contributed by atoms with Crippen LogP contribution in [0.3, 0.4) is 0 Å². The van der Waals surface area contributed by atoms with Crippen molar-refractivity contribution in [2.75, 3.05) is 20.5 Å². The molecule has 17 heavy (non-hydrogen) atoms. The number of amides is 1. The summed E-state index contributed by atoms with van der Waals surface area (Å²) in [6, 6.07) is 0. The highest BCUT2D eigenvalue weighted by Gasteiger charge is 2.51. The third-order valence-electron chi connectivity index (χ3n) is 2.33. The quantitative estimate of drug-likeness (QED) is 0.627. The Morgan fingerprint density at radius 1 is 1.35 bits per heavy atom. The van der Waals surface area contributed by atoms with E-state index >= 15 is 0 Å². The molecular weight excluding hydrogens is 254 g/mol. The summed E-state index contributed by atoms with van der Waals surface area (Å²) in [5.41, 5.74) is -2.39. The molecule has 2 N–H and O–H groups in total. The van der Waals surface area contributed by atoms with Gasteiger partial charge in [-0.15, -0.1) is 0 Å². The molecule has 0 radical (unpaired) electrons. The first kappa shape index (κ1) is 15.7. The number of hydrogen-bond acceptors (Lipinski definition) is 6. The minimum absolute atomic E-state index is 0.841. The zero-order valence-electron chi connectivity index (χ0n) is 9.88. The number of ether oxygens (including phenoxy) is 2. The first-order chi connectivity index (χ1) is 7.61. The molecule has 0 aliphatic rings. The molecule has 0 aromatic carbocycles. The van der Waals surface area contributed by atoms with E-state index in [4.69, 9.17) is 5.11 Å². The molecule has 0 saturated carbocycles. The maximum absolute atomic E-state index is 11.4. The van der Waals surface area contributed by atoms with E-state index in [0.717, 1.165) is 27.4 Å². The van der Waals surface area contributed by atoms with Crippen molar-refractivity contribution in [3.05, 3.63) is 0 Å². The topological polar surface area (TPSA) is 119 Å². The summed E-state index contributed by atoms with van der Waals surface area (Å²) < 4.78 is 31.7. The van der Waals surface area contributed by atoms with E-state index in [2.05, 4.69) is 9.47 Å². The van der Waals surface area contributed by atoms with Gasteiger partial charge in [-0.1, -0.05) is 0 Å². The molecule has 100 valence electrons. The van der Waals surface area contributed by atoms with Crippen LogP contribution in [0.4, 0.5) is 4.79 Å². The van der Waals surface area contributed by atoms with Crippen LogP contribution in [0, 0.1) is 0 Å². The fraction of sp³-hybridized carbons (Fsp3) is 0.750. The van der Waals surface area contributed by atoms with Crippen molar-refractivity contribution in [2.24, 2.45) is 0 Å². The standard InChI is InChI=1S/C8H15NO7S/c1-5(17(4,13)14)8(16-3,6(10)11)9-7(12)15-2/h5H,1-4H3,(H,9,12)(H,10,11). The van der Waals surface area contributed by atoms with Crippen molar-refractivity contribution >= 4 is 21.9 Å². The zero-order valence-corrected chi connectivity index (χ0v) is 10.7. The van der Waals surface area contributed by atoms with Crippen LogP contribution < -0.4 is 5.32 Å². The van der Waals surface area contributed by atoms with Gasteiger partial charge in [0.15, 0.2) is 9.84 Å². The monoisotopic (exact) mass is 269 g/mol. The number of carboxylic acids is 1. The van der Waals surface area contributed by atoms with Crippen LogP contribution >= 0.6 is 0 Å². The van der Waals surface area contributed by atoms with Gasteiger partial charge in [-0.2, -0.15) is 0 Å². The van der Waals surface area contributed by atoms with Gasteiger partial charge < -0.3 is 14.6 Å². The van der Waals surface area contributed by atoms with Crippen molar-refractivity contribution in [1.29, 1.82) is 0 Å². The molecule has 1 amide bonds. The maximum Gasteiger partial charge on any atom is 0.409 e. The number of methoxy groups -OCH3 is 2. The summed E-state index contributed by atoms with van der Waals surface area (Å²) in [6.07, 6.45) is -0.266. The Morgan fingerprint density at radius 2 is 1.82 bits per heavy atom. The number of aliphatic carboxylic acids is 1. The summed E-state index contributed by atoms with van der Waals surface area (Å²) in [7, 11) is -1.75. The van der Waals surface area contributed by atoms with Gasteiger partial charge in [0.2, 0.25) is 0 Å². The van der Waals surface area contributed by atoms with Gasteiger partial charge in [0.1, 0.15) is 5.25 Å². The number of sulfone groups is 1. The highest BCUT2D eigenvalue weighted by atomic mass is 32.2.